The van der Waals surface area contributed by atoms with E-state index < -0.39 is 0 Å². The molecule has 1 aliphatic rings. The second-order valence-corrected chi connectivity index (χ2v) is 6.20. The molecule has 0 bridgehead atoms. The van der Waals surface area contributed by atoms with Gasteiger partial charge in [-0.15, -0.1) is 0 Å². The van der Waals surface area contributed by atoms with Crippen molar-refractivity contribution in [3.8, 4) is 5.75 Å². The summed E-state index contributed by atoms with van der Waals surface area (Å²) in [5, 5.41) is 6.82. The van der Waals surface area contributed by atoms with Gasteiger partial charge in [0.2, 0.25) is 0 Å². The molecule has 0 unspecified atom stereocenters. The fourth-order valence-corrected chi connectivity index (χ4v) is 2.85. The van der Waals surface area contributed by atoms with E-state index in [-0.39, 0.29) is 6.10 Å². The molecule has 1 aromatic heterocycles. The average molecular weight is 312 g/mol. The summed E-state index contributed by atoms with van der Waals surface area (Å²) in [6.07, 6.45) is 6.76. The van der Waals surface area contributed by atoms with Crippen molar-refractivity contribution < 1.29 is 4.74 Å². The summed E-state index contributed by atoms with van der Waals surface area (Å²) in [7, 11) is 0. The molecule has 1 aliphatic carbocycles. The molecule has 0 saturated heterocycles. The summed E-state index contributed by atoms with van der Waals surface area (Å²) in [6.45, 7) is 4.04. The molecule has 0 amide bonds. The lowest BCUT2D eigenvalue weighted by Gasteiger charge is -2.16. The summed E-state index contributed by atoms with van der Waals surface area (Å²) in [5.41, 5.74) is 0.909. The number of para-hydroxylation sites is 2. The maximum absolute atomic E-state index is 5.83. The van der Waals surface area contributed by atoms with Crippen molar-refractivity contribution in [2.75, 3.05) is 10.6 Å². The number of rotatable bonds is 6. The molecule has 0 atom stereocenters. The topological polar surface area (TPSA) is 59.1 Å². The highest BCUT2D eigenvalue weighted by molar-refractivity contribution is 5.65. The molecule has 5 heteroatoms. The van der Waals surface area contributed by atoms with Crippen molar-refractivity contribution in [3.63, 3.8) is 0 Å². The Morgan fingerprint density at radius 1 is 1.09 bits per heavy atom. The third-order valence-corrected chi connectivity index (χ3v) is 3.89. The Hall–Kier alpha value is -2.30. The average Bonchev–Trinajstić information content (AvgIpc) is 3.02. The lowest BCUT2D eigenvalue weighted by Crippen LogP contribution is -2.15. The predicted octanol–water partition coefficient (Wildman–Crippen LogP) is 4.36. The van der Waals surface area contributed by atoms with Crippen LogP contribution in [0.4, 0.5) is 17.3 Å². The lowest BCUT2D eigenvalue weighted by atomic mass is 10.2. The molecule has 0 aliphatic heterocycles. The fourth-order valence-electron chi connectivity index (χ4n) is 2.85. The van der Waals surface area contributed by atoms with Crippen LogP contribution in [-0.4, -0.2) is 22.1 Å². The van der Waals surface area contributed by atoms with E-state index in [9.17, 15) is 0 Å². The van der Waals surface area contributed by atoms with E-state index in [1.54, 1.807) is 6.33 Å². The van der Waals surface area contributed by atoms with Crippen LogP contribution in [-0.2, 0) is 0 Å². The van der Waals surface area contributed by atoms with Crippen LogP contribution in [0.25, 0.3) is 0 Å². The van der Waals surface area contributed by atoms with Gasteiger partial charge in [0.05, 0.1) is 11.8 Å². The molecule has 0 radical (unpaired) electrons. The van der Waals surface area contributed by atoms with E-state index in [1.807, 2.05) is 44.2 Å². The molecule has 3 rings (SSSR count). The summed E-state index contributed by atoms with van der Waals surface area (Å²) >= 11 is 0. The largest absolute Gasteiger partial charge is 0.489 e. The minimum absolute atomic E-state index is 0.128. The van der Waals surface area contributed by atoms with E-state index >= 15 is 0 Å². The first-order chi connectivity index (χ1) is 11.2. The van der Waals surface area contributed by atoms with E-state index in [0.717, 1.165) is 23.1 Å². The van der Waals surface area contributed by atoms with Gasteiger partial charge in [-0.25, -0.2) is 9.97 Å². The molecule has 1 saturated carbocycles. The van der Waals surface area contributed by atoms with Crippen molar-refractivity contribution in [1.82, 2.24) is 9.97 Å². The molecule has 23 heavy (non-hydrogen) atoms. The molecule has 2 N–H and O–H groups in total. The highest BCUT2D eigenvalue weighted by atomic mass is 16.5. The quantitative estimate of drug-likeness (QED) is 0.830. The first-order valence-electron chi connectivity index (χ1n) is 8.32. The van der Waals surface area contributed by atoms with Gasteiger partial charge in [-0.2, -0.15) is 0 Å². The van der Waals surface area contributed by atoms with Gasteiger partial charge >= 0.3 is 0 Å². The number of anilines is 3. The molecular weight excluding hydrogens is 288 g/mol. The van der Waals surface area contributed by atoms with Crippen LogP contribution >= 0.6 is 0 Å². The Labute approximate surface area is 137 Å². The van der Waals surface area contributed by atoms with Gasteiger partial charge in [0.25, 0.3) is 0 Å². The van der Waals surface area contributed by atoms with Gasteiger partial charge in [0, 0.05) is 12.1 Å². The Bertz CT molecular complexity index is 638. The Balaban J connectivity index is 1.72. The maximum atomic E-state index is 5.83. The second-order valence-electron chi connectivity index (χ2n) is 6.20. The standard InChI is InChI=1S/C18H24N4O/c1-13(2)23-16-10-6-5-9-15(16)22-18-11-17(19-12-20-18)21-14-7-3-4-8-14/h5-6,9-14H,3-4,7-8H2,1-2H3,(H2,19,20,21,22). The number of aromatic nitrogens is 2. The zero-order valence-corrected chi connectivity index (χ0v) is 13.7. The summed E-state index contributed by atoms with van der Waals surface area (Å²) in [5.74, 6) is 2.46. The Morgan fingerprint density at radius 2 is 1.83 bits per heavy atom. The smallest absolute Gasteiger partial charge is 0.143 e. The van der Waals surface area contributed by atoms with Crippen molar-refractivity contribution in [1.29, 1.82) is 0 Å². The normalized spacial score (nSPS) is 14.9. The molecule has 0 spiro atoms. The number of benzene rings is 1. The van der Waals surface area contributed by atoms with E-state index in [4.69, 9.17) is 4.74 Å². The van der Waals surface area contributed by atoms with Crippen LogP contribution in [0, 0.1) is 0 Å². The van der Waals surface area contributed by atoms with Gasteiger partial charge in [-0.05, 0) is 38.8 Å². The second kappa shape index (κ2) is 7.31. The highest BCUT2D eigenvalue weighted by Gasteiger charge is 2.15. The highest BCUT2D eigenvalue weighted by Crippen LogP contribution is 2.28. The van der Waals surface area contributed by atoms with Crippen molar-refractivity contribution in [2.24, 2.45) is 0 Å². The third kappa shape index (κ3) is 4.34. The molecular formula is C18H24N4O. The minimum atomic E-state index is 0.128. The van der Waals surface area contributed by atoms with Crippen LogP contribution in [0.15, 0.2) is 36.7 Å². The first kappa shape index (κ1) is 15.6. The zero-order valence-electron chi connectivity index (χ0n) is 13.7. The Morgan fingerprint density at radius 3 is 2.61 bits per heavy atom. The summed E-state index contributed by atoms with van der Waals surface area (Å²) in [4.78, 5) is 8.63. The number of hydrogen-bond acceptors (Lipinski definition) is 5. The fraction of sp³-hybridized carbons (Fsp3) is 0.444. The van der Waals surface area contributed by atoms with Crippen LogP contribution in [0.2, 0.25) is 0 Å². The van der Waals surface area contributed by atoms with E-state index in [2.05, 4.69) is 20.6 Å². The SMILES string of the molecule is CC(C)Oc1ccccc1Nc1cc(NC2CCCC2)ncn1. The Kier molecular flexibility index (Phi) is 4.95. The molecule has 1 heterocycles. The molecule has 122 valence electrons. The van der Waals surface area contributed by atoms with Gasteiger partial charge in [0.15, 0.2) is 0 Å². The molecule has 1 aromatic carbocycles. The van der Waals surface area contributed by atoms with E-state index in [0.29, 0.717) is 6.04 Å². The molecule has 2 aromatic rings. The third-order valence-electron chi connectivity index (χ3n) is 3.89. The van der Waals surface area contributed by atoms with Crippen molar-refractivity contribution in [2.45, 2.75) is 51.7 Å². The van der Waals surface area contributed by atoms with Gasteiger partial charge in [-0.1, -0.05) is 25.0 Å². The first-order valence-corrected chi connectivity index (χ1v) is 8.32. The monoisotopic (exact) mass is 312 g/mol. The van der Waals surface area contributed by atoms with Crippen LogP contribution < -0.4 is 15.4 Å². The number of nitrogens with zero attached hydrogens (tertiary/aromatic N) is 2. The van der Waals surface area contributed by atoms with Crippen molar-refractivity contribution >= 4 is 17.3 Å². The minimum Gasteiger partial charge on any atom is -0.489 e. The number of nitrogens with one attached hydrogen (secondary N) is 2. The number of hydrogen-bond donors (Lipinski definition) is 2. The predicted molar refractivity (Wildman–Crippen MR) is 93.4 cm³/mol. The van der Waals surface area contributed by atoms with Gasteiger partial charge in [-0.3, -0.25) is 0 Å². The van der Waals surface area contributed by atoms with E-state index in [1.165, 1.54) is 25.7 Å². The maximum Gasteiger partial charge on any atom is 0.143 e. The summed E-state index contributed by atoms with van der Waals surface area (Å²) in [6, 6.07) is 10.4. The summed E-state index contributed by atoms with van der Waals surface area (Å²) < 4.78 is 5.83. The molecule has 5 nitrogen and oxygen atoms in total. The number of ether oxygens (including phenoxy) is 1. The van der Waals surface area contributed by atoms with Crippen LogP contribution in [0.3, 0.4) is 0 Å². The zero-order chi connectivity index (χ0) is 16.1. The van der Waals surface area contributed by atoms with Gasteiger partial charge < -0.3 is 15.4 Å². The van der Waals surface area contributed by atoms with Gasteiger partial charge in [0.1, 0.15) is 23.7 Å². The molecule has 1 fully saturated rings. The van der Waals surface area contributed by atoms with Crippen molar-refractivity contribution in [3.05, 3.63) is 36.7 Å². The van der Waals surface area contributed by atoms with Crippen LogP contribution in [0.5, 0.6) is 5.75 Å². The van der Waals surface area contributed by atoms with Crippen LogP contribution in [0.1, 0.15) is 39.5 Å². The lowest BCUT2D eigenvalue weighted by molar-refractivity contribution is 0.244.